The first kappa shape index (κ1) is 26.4. The van der Waals surface area contributed by atoms with Crippen LogP contribution < -0.4 is 9.62 Å². The van der Waals surface area contributed by atoms with Crippen LogP contribution >= 0.6 is 0 Å². The summed E-state index contributed by atoms with van der Waals surface area (Å²) in [5, 5.41) is 4.06. The predicted octanol–water partition coefficient (Wildman–Crippen LogP) is 3.46. The lowest BCUT2D eigenvalue weighted by Crippen LogP contribution is -2.53. The summed E-state index contributed by atoms with van der Waals surface area (Å²) >= 11 is 0. The molecule has 2 aromatic rings. The Kier molecular flexibility index (Phi) is 7.61. The molecule has 198 valence electrons. The number of sulfonamides is 1. The smallest absolute Gasteiger partial charge is 0.344 e. The number of hydrogen-bond donors (Lipinski definition) is 1. The number of alkyl halides is 1. The summed E-state index contributed by atoms with van der Waals surface area (Å²) in [6.45, 7) is 7.82. The Labute approximate surface area is 213 Å². The van der Waals surface area contributed by atoms with Gasteiger partial charge in [0, 0.05) is 56.2 Å². The number of carbonyl (C=O) groups is 1. The molecule has 0 unspecified atom stereocenters. The molecule has 2 fully saturated rings. The van der Waals surface area contributed by atoms with Crippen molar-refractivity contribution in [3.63, 3.8) is 0 Å². The Morgan fingerprint density at radius 1 is 1.19 bits per heavy atom. The number of carbonyl (C=O) groups excluding carboxylic acids is 1. The van der Waals surface area contributed by atoms with E-state index in [1.54, 1.807) is 4.90 Å². The average Bonchev–Trinajstić information content (AvgIpc) is 3.27. The first-order valence-electron chi connectivity index (χ1n) is 12.5. The molecule has 0 atom stereocenters. The van der Waals surface area contributed by atoms with E-state index in [4.69, 9.17) is 0 Å². The molecular formula is C25H37FN6O3S. The van der Waals surface area contributed by atoms with Gasteiger partial charge in [-0.05, 0) is 63.8 Å². The lowest BCUT2D eigenvalue weighted by molar-refractivity contribution is 0.0585. The molecule has 3 heterocycles. The van der Waals surface area contributed by atoms with Crippen LogP contribution in [0.25, 0.3) is 0 Å². The largest absolute Gasteiger partial charge is 0.371 e. The van der Waals surface area contributed by atoms with Crippen molar-refractivity contribution >= 4 is 27.6 Å². The molecule has 9 nitrogen and oxygen atoms in total. The highest BCUT2D eigenvalue weighted by Gasteiger charge is 2.35. The number of piperidine rings is 2. The first-order valence-corrected chi connectivity index (χ1v) is 14.4. The van der Waals surface area contributed by atoms with Crippen LogP contribution in [0, 0.1) is 6.92 Å². The number of rotatable bonds is 6. The topological polar surface area (TPSA) is 90.8 Å². The fraction of sp³-hybridized carbons (Fsp3) is 0.600. The van der Waals surface area contributed by atoms with Crippen molar-refractivity contribution in [1.82, 2.24) is 19.6 Å². The first-order chi connectivity index (χ1) is 16.9. The number of amides is 1. The molecule has 1 amide bonds. The van der Waals surface area contributed by atoms with Gasteiger partial charge in [-0.2, -0.15) is 4.68 Å². The van der Waals surface area contributed by atoms with Crippen molar-refractivity contribution in [3.05, 3.63) is 41.6 Å². The minimum Gasteiger partial charge on any atom is -0.371 e. The highest BCUT2D eigenvalue weighted by atomic mass is 32.2. The van der Waals surface area contributed by atoms with E-state index >= 15 is 0 Å². The van der Waals surface area contributed by atoms with Crippen molar-refractivity contribution in [1.29, 1.82) is 0 Å². The molecule has 1 aromatic heterocycles. The lowest BCUT2D eigenvalue weighted by Gasteiger charge is -2.45. The minimum atomic E-state index is -3.45. The summed E-state index contributed by atoms with van der Waals surface area (Å²) in [5.74, 6) is 0.124. The highest BCUT2D eigenvalue weighted by Crippen LogP contribution is 2.31. The number of nitrogens with zero attached hydrogens (tertiary/aromatic N) is 5. The Balaban J connectivity index is 1.36. The van der Waals surface area contributed by atoms with Crippen LogP contribution in [-0.4, -0.2) is 85.2 Å². The summed E-state index contributed by atoms with van der Waals surface area (Å²) < 4.78 is 39.9. The van der Waals surface area contributed by atoms with Gasteiger partial charge in [-0.1, -0.05) is 12.1 Å². The fourth-order valence-electron chi connectivity index (χ4n) is 5.03. The molecule has 36 heavy (non-hydrogen) atoms. The van der Waals surface area contributed by atoms with Crippen molar-refractivity contribution < 1.29 is 17.6 Å². The lowest BCUT2D eigenvalue weighted by atomic mass is 9.87. The molecular weight excluding hydrogens is 483 g/mol. The molecule has 2 aliphatic heterocycles. The zero-order chi connectivity index (χ0) is 26.1. The van der Waals surface area contributed by atoms with Gasteiger partial charge in [-0.15, -0.1) is 5.10 Å². The van der Waals surface area contributed by atoms with Gasteiger partial charge < -0.3 is 9.80 Å². The van der Waals surface area contributed by atoms with E-state index in [-0.39, 0.29) is 17.4 Å². The average molecular weight is 521 g/mol. The Bertz CT molecular complexity index is 1180. The third-order valence-corrected chi connectivity index (χ3v) is 8.15. The Morgan fingerprint density at radius 2 is 1.86 bits per heavy atom. The van der Waals surface area contributed by atoms with Gasteiger partial charge in [-0.3, -0.25) is 9.62 Å². The van der Waals surface area contributed by atoms with Crippen LogP contribution in [-0.2, 0) is 16.6 Å². The molecule has 1 aromatic carbocycles. The summed E-state index contributed by atoms with van der Waals surface area (Å²) in [6.07, 6.45) is 4.63. The van der Waals surface area contributed by atoms with Crippen LogP contribution in [0.1, 0.15) is 43.7 Å². The van der Waals surface area contributed by atoms with E-state index in [0.717, 1.165) is 38.7 Å². The van der Waals surface area contributed by atoms with Crippen molar-refractivity contribution in [2.75, 3.05) is 49.1 Å². The predicted molar refractivity (Wildman–Crippen MR) is 140 cm³/mol. The molecule has 4 rings (SSSR count). The standard InChI is InChI=1S/C25H37FN6O3S/c1-19-5-6-20(17-22(19)30-12-7-21(26)8-13-30)18-29(3)25(2)10-15-31(16-11-25)24(33)32-14-9-23(27-32)28-36(4,34)35/h5-6,9,14,17,21H,7-8,10-13,15-16,18H2,1-4H3,(H,27,28). The van der Waals surface area contributed by atoms with E-state index in [2.05, 4.69) is 58.7 Å². The zero-order valence-corrected chi connectivity index (χ0v) is 22.4. The number of anilines is 2. The third-order valence-electron chi connectivity index (χ3n) is 7.57. The molecule has 1 N–H and O–H groups in total. The van der Waals surface area contributed by atoms with Gasteiger partial charge >= 0.3 is 6.03 Å². The monoisotopic (exact) mass is 520 g/mol. The molecule has 0 bridgehead atoms. The summed E-state index contributed by atoms with van der Waals surface area (Å²) in [5.41, 5.74) is 3.57. The van der Waals surface area contributed by atoms with E-state index in [1.165, 1.54) is 33.8 Å². The molecule has 0 saturated carbocycles. The normalized spacial score (nSPS) is 19.1. The van der Waals surface area contributed by atoms with Crippen molar-refractivity contribution in [3.8, 4) is 0 Å². The van der Waals surface area contributed by atoms with Crippen LogP contribution in [0.2, 0.25) is 0 Å². The van der Waals surface area contributed by atoms with Crippen LogP contribution in [0.5, 0.6) is 0 Å². The fourth-order valence-corrected chi connectivity index (χ4v) is 5.52. The molecule has 2 aliphatic rings. The Morgan fingerprint density at radius 3 is 2.50 bits per heavy atom. The number of nitrogens with one attached hydrogen (secondary N) is 1. The summed E-state index contributed by atoms with van der Waals surface area (Å²) in [4.78, 5) is 19.3. The zero-order valence-electron chi connectivity index (χ0n) is 21.6. The van der Waals surface area contributed by atoms with E-state index in [9.17, 15) is 17.6 Å². The molecule has 0 radical (unpaired) electrons. The second-order valence-electron chi connectivity index (χ2n) is 10.4. The van der Waals surface area contributed by atoms with Crippen molar-refractivity contribution in [2.24, 2.45) is 0 Å². The maximum Gasteiger partial charge on any atom is 0.344 e. The number of benzene rings is 1. The maximum absolute atomic E-state index is 13.6. The number of aromatic nitrogens is 2. The van der Waals surface area contributed by atoms with E-state index < -0.39 is 16.2 Å². The highest BCUT2D eigenvalue weighted by molar-refractivity contribution is 7.92. The summed E-state index contributed by atoms with van der Waals surface area (Å²) in [6, 6.07) is 7.77. The number of likely N-dealkylation sites (tertiary alicyclic amines) is 1. The van der Waals surface area contributed by atoms with Crippen molar-refractivity contribution in [2.45, 2.75) is 57.8 Å². The van der Waals surface area contributed by atoms with Crippen LogP contribution in [0.3, 0.4) is 0 Å². The molecule has 11 heteroatoms. The van der Waals surface area contributed by atoms with Gasteiger partial charge in [0.05, 0.1) is 6.26 Å². The second-order valence-corrected chi connectivity index (χ2v) is 12.2. The van der Waals surface area contributed by atoms with Gasteiger partial charge in [0.1, 0.15) is 6.17 Å². The third kappa shape index (κ3) is 6.18. The van der Waals surface area contributed by atoms with Gasteiger partial charge in [0.2, 0.25) is 10.0 Å². The quantitative estimate of drug-likeness (QED) is 0.628. The van der Waals surface area contributed by atoms with E-state index in [0.29, 0.717) is 25.9 Å². The number of aryl methyl sites for hydroxylation is 1. The van der Waals surface area contributed by atoms with Gasteiger partial charge in [0.15, 0.2) is 5.82 Å². The molecule has 0 spiro atoms. The second kappa shape index (κ2) is 10.4. The van der Waals surface area contributed by atoms with Crippen LogP contribution in [0.15, 0.2) is 30.5 Å². The number of halogens is 1. The summed E-state index contributed by atoms with van der Waals surface area (Å²) in [7, 11) is -1.33. The molecule has 0 aliphatic carbocycles. The SMILES string of the molecule is Cc1ccc(CN(C)C2(C)CCN(C(=O)n3ccc(NS(C)(=O)=O)n3)CC2)cc1N1CCC(F)CC1. The van der Waals surface area contributed by atoms with Gasteiger partial charge in [0.25, 0.3) is 0 Å². The maximum atomic E-state index is 13.6. The van der Waals surface area contributed by atoms with E-state index in [1.807, 2.05) is 0 Å². The van der Waals surface area contributed by atoms with Crippen LogP contribution in [0.4, 0.5) is 20.7 Å². The Hall–Kier alpha value is -2.66. The number of hydrogen-bond acceptors (Lipinski definition) is 6. The minimum absolute atomic E-state index is 0.0679. The van der Waals surface area contributed by atoms with Gasteiger partial charge in [-0.25, -0.2) is 17.6 Å². The molecule has 2 saturated heterocycles.